The molecule has 2 aliphatic rings. The molecule has 0 amide bonds. The zero-order valence-electron chi connectivity index (χ0n) is 17.4. The van der Waals surface area contributed by atoms with Crippen molar-refractivity contribution < 1.29 is 23.0 Å². The highest BCUT2D eigenvalue weighted by Crippen LogP contribution is 2.41. The molecular weight excluding hydrogens is 443 g/mol. The number of phenolic OH excluding ortho intramolecular Hbond substituents is 1. The number of aromatic nitrogens is 4. The van der Waals surface area contributed by atoms with Crippen LogP contribution in [0.15, 0.2) is 30.5 Å². The zero-order chi connectivity index (χ0) is 22.6. The Morgan fingerprint density at radius 2 is 2.03 bits per heavy atom. The summed E-state index contributed by atoms with van der Waals surface area (Å²) in [5.74, 6) is 0.0109. The molecule has 0 spiro atoms. The molecule has 0 aliphatic carbocycles. The van der Waals surface area contributed by atoms with Gasteiger partial charge in [-0.3, -0.25) is 0 Å². The molecule has 1 aromatic carbocycles. The van der Waals surface area contributed by atoms with Crippen molar-refractivity contribution in [1.29, 1.82) is 0 Å². The number of phenols is 1. The molecule has 5 rings (SSSR count). The standard InChI is InChI=1S/C21H22F3N5O2S/c1-10-5-6-29(28-10)11-3-4-13(15(30)7-11)19-26-27-20(32-19)31-12-8-14-16(22)17(23)18(24)21(2,9-12)25-14/h3-7,12,14,16-18,25,30H,8-9H2,1-2H3. The summed E-state index contributed by atoms with van der Waals surface area (Å²) in [7, 11) is 0. The van der Waals surface area contributed by atoms with Crippen molar-refractivity contribution in [1.82, 2.24) is 25.3 Å². The Labute approximate surface area is 186 Å². The Bertz CT molecular complexity index is 1140. The third kappa shape index (κ3) is 3.62. The van der Waals surface area contributed by atoms with Crippen LogP contribution in [0.4, 0.5) is 13.2 Å². The first-order chi connectivity index (χ1) is 15.2. The van der Waals surface area contributed by atoms with Gasteiger partial charge < -0.3 is 15.2 Å². The number of fused-ring (bicyclic) bond motifs is 2. The lowest BCUT2D eigenvalue weighted by atomic mass is 9.73. The van der Waals surface area contributed by atoms with Gasteiger partial charge in [-0.25, -0.2) is 17.9 Å². The summed E-state index contributed by atoms with van der Waals surface area (Å²) in [4.78, 5) is 0. The van der Waals surface area contributed by atoms with Crippen LogP contribution >= 0.6 is 11.3 Å². The molecule has 2 aromatic heterocycles. The summed E-state index contributed by atoms with van der Waals surface area (Å²) in [5.41, 5.74) is 0.826. The lowest BCUT2D eigenvalue weighted by molar-refractivity contribution is -0.0831. The zero-order valence-corrected chi connectivity index (χ0v) is 18.2. The van der Waals surface area contributed by atoms with Crippen LogP contribution in [-0.2, 0) is 0 Å². The Kier molecular flexibility index (Phi) is 5.12. The number of aromatic hydroxyl groups is 1. The normalized spacial score (nSPS) is 32.1. The Morgan fingerprint density at radius 1 is 1.22 bits per heavy atom. The van der Waals surface area contributed by atoms with Crippen LogP contribution in [0, 0.1) is 6.92 Å². The van der Waals surface area contributed by atoms with E-state index in [4.69, 9.17) is 4.74 Å². The van der Waals surface area contributed by atoms with Gasteiger partial charge in [0.05, 0.1) is 22.5 Å². The van der Waals surface area contributed by atoms with E-state index in [1.165, 1.54) is 0 Å². The molecule has 170 valence electrons. The van der Waals surface area contributed by atoms with Crippen LogP contribution in [0.5, 0.6) is 10.9 Å². The van der Waals surface area contributed by atoms with Crippen molar-refractivity contribution in [2.24, 2.45) is 0 Å². The second-order valence-electron chi connectivity index (χ2n) is 8.61. The van der Waals surface area contributed by atoms with E-state index in [1.54, 1.807) is 36.0 Å². The van der Waals surface area contributed by atoms with E-state index in [1.807, 2.05) is 13.0 Å². The highest BCUT2D eigenvalue weighted by molar-refractivity contribution is 7.16. The lowest BCUT2D eigenvalue weighted by Crippen LogP contribution is -2.71. The molecule has 2 bridgehead atoms. The smallest absolute Gasteiger partial charge is 0.294 e. The van der Waals surface area contributed by atoms with Crippen LogP contribution < -0.4 is 10.1 Å². The summed E-state index contributed by atoms with van der Waals surface area (Å²) >= 11 is 1.12. The largest absolute Gasteiger partial charge is 0.507 e. The monoisotopic (exact) mass is 465 g/mol. The Hall–Kier alpha value is -2.66. The number of hydrogen-bond acceptors (Lipinski definition) is 7. The fourth-order valence-corrected chi connectivity index (χ4v) is 5.31. The van der Waals surface area contributed by atoms with Gasteiger partial charge in [-0.1, -0.05) is 16.4 Å². The average Bonchev–Trinajstić information content (AvgIpc) is 3.40. The van der Waals surface area contributed by atoms with E-state index >= 15 is 0 Å². The number of nitrogens with zero attached hydrogens (tertiary/aromatic N) is 4. The number of piperidine rings is 2. The van der Waals surface area contributed by atoms with E-state index in [2.05, 4.69) is 20.6 Å². The molecule has 0 radical (unpaired) electrons. The van der Waals surface area contributed by atoms with Crippen LogP contribution in [0.3, 0.4) is 0 Å². The summed E-state index contributed by atoms with van der Waals surface area (Å²) in [6, 6.07) is 6.13. The van der Waals surface area contributed by atoms with Gasteiger partial charge >= 0.3 is 0 Å². The van der Waals surface area contributed by atoms with Gasteiger partial charge in [-0.15, -0.1) is 5.10 Å². The van der Waals surface area contributed by atoms with Crippen molar-refractivity contribution in [3.63, 3.8) is 0 Å². The first kappa shape index (κ1) is 21.2. The highest BCUT2D eigenvalue weighted by Gasteiger charge is 2.56. The van der Waals surface area contributed by atoms with E-state index in [9.17, 15) is 18.3 Å². The van der Waals surface area contributed by atoms with Crippen molar-refractivity contribution >= 4 is 11.3 Å². The SMILES string of the molecule is Cc1ccn(-c2ccc(-c3nnc(OC4CC5NC(C)(C4)C(F)C(F)C5F)s3)c(O)c2)n1. The van der Waals surface area contributed by atoms with Crippen LogP contribution in [-0.4, -0.2) is 61.3 Å². The van der Waals surface area contributed by atoms with Gasteiger partial charge in [0.2, 0.25) is 0 Å². The number of nitrogens with one attached hydrogen (secondary N) is 1. The first-order valence-electron chi connectivity index (χ1n) is 10.3. The van der Waals surface area contributed by atoms with Crippen LogP contribution in [0.1, 0.15) is 25.5 Å². The van der Waals surface area contributed by atoms with Crippen LogP contribution in [0.2, 0.25) is 0 Å². The number of benzene rings is 1. The minimum absolute atomic E-state index is 0.0109. The number of ether oxygens (including phenoxy) is 1. The van der Waals surface area contributed by atoms with E-state index in [0.717, 1.165) is 17.0 Å². The average molecular weight is 466 g/mol. The molecule has 11 heteroatoms. The molecule has 6 atom stereocenters. The van der Waals surface area contributed by atoms with Crippen molar-refractivity contribution in [2.45, 2.75) is 62.9 Å². The molecule has 2 fully saturated rings. The lowest BCUT2D eigenvalue weighted by Gasteiger charge is -2.51. The van der Waals surface area contributed by atoms with E-state index in [-0.39, 0.29) is 23.8 Å². The van der Waals surface area contributed by atoms with Gasteiger partial charge in [-0.05, 0) is 32.0 Å². The molecule has 32 heavy (non-hydrogen) atoms. The number of alkyl halides is 3. The molecule has 2 aliphatic heterocycles. The summed E-state index contributed by atoms with van der Waals surface area (Å²) < 4.78 is 50.2. The minimum atomic E-state index is -2.14. The number of hydrogen-bond donors (Lipinski definition) is 2. The Morgan fingerprint density at radius 3 is 2.75 bits per heavy atom. The van der Waals surface area contributed by atoms with Gasteiger partial charge in [0.25, 0.3) is 5.19 Å². The van der Waals surface area contributed by atoms with E-state index < -0.39 is 36.2 Å². The molecule has 2 N–H and O–H groups in total. The molecular formula is C21H22F3N5O2S. The second kappa shape index (κ2) is 7.73. The predicted molar refractivity (Wildman–Crippen MR) is 113 cm³/mol. The van der Waals surface area contributed by atoms with Gasteiger partial charge in [0.1, 0.15) is 18.0 Å². The van der Waals surface area contributed by atoms with Gasteiger partial charge in [0.15, 0.2) is 17.4 Å². The Balaban J connectivity index is 1.32. The van der Waals surface area contributed by atoms with Gasteiger partial charge in [-0.2, -0.15) is 5.10 Å². The van der Waals surface area contributed by atoms with Crippen molar-refractivity contribution in [3.05, 3.63) is 36.2 Å². The number of rotatable bonds is 4. The third-order valence-electron chi connectivity index (χ3n) is 6.13. The van der Waals surface area contributed by atoms with Gasteiger partial charge in [0, 0.05) is 31.1 Å². The summed E-state index contributed by atoms with van der Waals surface area (Å²) in [5, 5.41) is 26.5. The minimum Gasteiger partial charge on any atom is -0.507 e. The second-order valence-corrected chi connectivity index (χ2v) is 9.55. The molecule has 2 saturated heterocycles. The predicted octanol–water partition coefficient (Wildman–Crippen LogP) is 3.69. The molecule has 6 unspecified atom stereocenters. The maximum absolute atomic E-state index is 14.4. The molecule has 3 aromatic rings. The first-order valence-corrected chi connectivity index (χ1v) is 11.1. The number of aryl methyl sites for hydroxylation is 1. The van der Waals surface area contributed by atoms with Crippen molar-refractivity contribution in [2.75, 3.05) is 0 Å². The van der Waals surface area contributed by atoms with E-state index in [0.29, 0.717) is 16.3 Å². The number of halogens is 3. The topological polar surface area (TPSA) is 85.1 Å². The highest BCUT2D eigenvalue weighted by atomic mass is 32.1. The molecule has 7 nitrogen and oxygen atoms in total. The van der Waals surface area contributed by atoms with Crippen LogP contribution in [0.25, 0.3) is 16.3 Å². The molecule has 4 heterocycles. The van der Waals surface area contributed by atoms with Crippen molar-refractivity contribution in [3.8, 4) is 27.2 Å². The summed E-state index contributed by atoms with van der Waals surface area (Å²) in [6.45, 7) is 3.42. The quantitative estimate of drug-likeness (QED) is 0.612. The maximum atomic E-state index is 14.4. The summed E-state index contributed by atoms with van der Waals surface area (Å²) in [6.07, 6.45) is -4.39. The fourth-order valence-electron chi connectivity index (χ4n) is 4.52. The fraction of sp³-hybridized carbons (Fsp3) is 0.476. The third-order valence-corrected chi connectivity index (χ3v) is 6.98. The molecule has 0 saturated carbocycles. The maximum Gasteiger partial charge on any atom is 0.294 e.